The molecule has 1 fully saturated rings. The fourth-order valence-corrected chi connectivity index (χ4v) is 10.5. The molecule has 1 heterocycles. The molecule has 462 valence electrons. The normalized spacial score (nSPS) is 19.1. The van der Waals surface area contributed by atoms with Crippen LogP contribution < -0.4 is 5.32 Å². The Kier molecular flexibility index (Phi) is 53.0. The molecule has 11 nitrogen and oxygen atoms in total. The van der Waals surface area contributed by atoms with Crippen molar-refractivity contribution in [3.63, 3.8) is 0 Å². The minimum absolute atomic E-state index is 0.101. The highest BCUT2D eigenvalue weighted by Gasteiger charge is 2.47. The van der Waals surface area contributed by atoms with E-state index in [4.69, 9.17) is 14.2 Å². The lowest BCUT2D eigenvalue weighted by Crippen LogP contribution is -2.61. The van der Waals surface area contributed by atoms with Crippen molar-refractivity contribution in [3.8, 4) is 0 Å². The van der Waals surface area contributed by atoms with E-state index >= 15 is 0 Å². The van der Waals surface area contributed by atoms with E-state index in [1.54, 1.807) is 6.08 Å². The first-order valence-corrected chi connectivity index (χ1v) is 33.4. The summed E-state index contributed by atoms with van der Waals surface area (Å²) >= 11 is 0. The van der Waals surface area contributed by atoms with Crippen LogP contribution in [-0.2, 0) is 23.8 Å². The number of aliphatic hydroxyl groups excluding tert-OH is 5. The maximum absolute atomic E-state index is 13.5. The van der Waals surface area contributed by atoms with Gasteiger partial charge in [0.2, 0.25) is 5.91 Å². The van der Waals surface area contributed by atoms with Crippen LogP contribution in [0, 0.1) is 0 Å². The maximum Gasteiger partial charge on any atom is 0.306 e. The Morgan fingerprint density at radius 3 is 1.35 bits per heavy atom. The van der Waals surface area contributed by atoms with E-state index in [2.05, 4.69) is 44.3 Å². The highest BCUT2D eigenvalue weighted by atomic mass is 16.7. The molecule has 0 aromatic rings. The summed E-state index contributed by atoms with van der Waals surface area (Å²) in [5.41, 5.74) is 0. The fraction of sp³-hybridized carbons (Fsp3) is 0.853. The van der Waals surface area contributed by atoms with Gasteiger partial charge >= 0.3 is 5.97 Å². The lowest BCUT2D eigenvalue weighted by molar-refractivity contribution is -0.305. The molecule has 0 spiro atoms. The van der Waals surface area contributed by atoms with Crippen molar-refractivity contribution in [2.24, 2.45) is 0 Å². The number of hydrogen-bond donors (Lipinski definition) is 6. The zero-order chi connectivity index (χ0) is 57.5. The zero-order valence-electron chi connectivity index (χ0n) is 51.2. The molecule has 0 bridgehead atoms. The molecule has 11 heteroatoms. The van der Waals surface area contributed by atoms with Gasteiger partial charge in [0.15, 0.2) is 12.4 Å². The molecule has 79 heavy (non-hydrogen) atoms. The molecule has 8 atom stereocenters. The van der Waals surface area contributed by atoms with Gasteiger partial charge in [-0.05, 0) is 44.9 Å². The number of unbranched alkanes of at least 4 members (excludes halogenated alkanes) is 39. The number of aliphatic hydroxyl groups is 5. The Morgan fingerprint density at radius 2 is 0.911 bits per heavy atom. The Labute approximate surface area is 485 Å². The third kappa shape index (κ3) is 43.9. The van der Waals surface area contributed by atoms with Crippen LogP contribution in [0.5, 0.6) is 0 Å². The Balaban J connectivity index is 2.59. The molecular weight excluding hydrogens is 991 g/mol. The van der Waals surface area contributed by atoms with Gasteiger partial charge in [0, 0.05) is 6.42 Å². The summed E-state index contributed by atoms with van der Waals surface area (Å²) in [6, 6.07) is -1.03. The van der Waals surface area contributed by atoms with E-state index in [1.807, 2.05) is 24.3 Å². The molecule has 0 radical (unpaired) electrons. The molecule has 0 aromatic heterocycles. The van der Waals surface area contributed by atoms with Crippen molar-refractivity contribution >= 4 is 11.9 Å². The van der Waals surface area contributed by atoms with Crippen molar-refractivity contribution in [2.45, 2.75) is 359 Å². The zero-order valence-corrected chi connectivity index (χ0v) is 51.2. The molecule has 0 aromatic carbocycles. The van der Waals surface area contributed by atoms with Gasteiger partial charge in [-0.15, -0.1) is 0 Å². The van der Waals surface area contributed by atoms with Crippen molar-refractivity contribution in [3.05, 3.63) is 48.6 Å². The average Bonchev–Trinajstić information content (AvgIpc) is 3.49. The van der Waals surface area contributed by atoms with Gasteiger partial charge in [-0.2, -0.15) is 0 Å². The van der Waals surface area contributed by atoms with Crippen molar-refractivity contribution < 1.29 is 49.3 Å². The molecule has 1 amide bonds. The summed E-state index contributed by atoms with van der Waals surface area (Å²) in [4.78, 5) is 26.6. The van der Waals surface area contributed by atoms with Crippen LogP contribution in [0.3, 0.4) is 0 Å². The number of carbonyl (C=O) groups is 2. The van der Waals surface area contributed by atoms with E-state index in [-0.39, 0.29) is 13.0 Å². The van der Waals surface area contributed by atoms with E-state index < -0.39 is 67.4 Å². The van der Waals surface area contributed by atoms with Crippen LogP contribution in [0.15, 0.2) is 48.6 Å². The second-order valence-electron chi connectivity index (χ2n) is 23.2. The van der Waals surface area contributed by atoms with Gasteiger partial charge in [-0.25, -0.2) is 0 Å². The van der Waals surface area contributed by atoms with Gasteiger partial charge < -0.3 is 45.1 Å². The molecule has 1 aliphatic heterocycles. The number of hydrogen-bond acceptors (Lipinski definition) is 10. The third-order valence-corrected chi connectivity index (χ3v) is 15.8. The summed E-state index contributed by atoms with van der Waals surface area (Å²) in [6.45, 7) is 5.68. The number of allylic oxidation sites excluding steroid dienone is 7. The third-order valence-electron chi connectivity index (χ3n) is 15.8. The number of esters is 1. The predicted molar refractivity (Wildman–Crippen MR) is 329 cm³/mol. The lowest BCUT2D eigenvalue weighted by atomic mass is 9.99. The largest absolute Gasteiger partial charge is 0.454 e. The molecule has 6 N–H and O–H groups in total. The monoisotopic (exact) mass is 1120 g/mol. The lowest BCUT2D eigenvalue weighted by Gasteiger charge is -2.41. The summed E-state index contributed by atoms with van der Waals surface area (Å²) in [5, 5.41) is 57.1. The summed E-state index contributed by atoms with van der Waals surface area (Å²) < 4.78 is 17.6. The minimum Gasteiger partial charge on any atom is -0.454 e. The van der Waals surface area contributed by atoms with Gasteiger partial charge in [0.1, 0.15) is 24.4 Å². The minimum atomic E-state index is -1.62. The second kappa shape index (κ2) is 56.1. The van der Waals surface area contributed by atoms with E-state index in [0.29, 0.717) is 19.3 Å². The predicted octanol–water partition coefficient (Wildman–Crippen LogP) is 16.4. The highest BCUT2D eigenvalue weighted by Crippen LogP contribution is 2.26. The smallest absolute Gasteiger partial charge is 0.306 e. The summed E-state index contributed by atoms with van der Waals surface area (Å²) in [5.74, 6) is -1.21. The van der Waals surface area contributed by atoms with Crippen LogP contribution >= 0.6 is 0 Å². The van der Waals surface area contributed by atoms with E-state index in [0.717, 1.165) is 77.0 Å². The summed E-state index contributed by atoms with van der Waals surface area (Å²) in [6.07, 6.45) is 58.8. The number of carbonyl (C=O) groups excluding carboxylic acids is 2. The number of amides is 1. The van der Waals surface area contributed by atoms with Crippen molar-refractivity contribution in [1.29, 1.82) is 0 Å². The number of ether oxygens (including phenoxy) is 3. The molecule has 8 unspecified atom stereocenters. The summed E-state index contributed by atoms with van der Waals surface area (Å²) in [7, 11) is 0. The SMILES string of the molecule is CC/C=C/C=C/C=C\CCCCCCCC(=O)OC1C(OCC(NC(=O)C(O)CCCCCCCCCCCCCCCCCCCCCCCCCC)C(O)/C=C/CCCCCCCCCCCCC)OC(CO)C(O)C1O. The van der Waals surface area contributed by atoms with Crippen LogP contribution in [0.25, 0.3) is 0 Å². The molecule has 0 aliphatic carbocycles. The quantitative estimate of drug-likeness (QED) is 0.0149. The van der Waals surface area contributed by atoms with Gasteiger partial charge in [0.05, 0.1) is 25.4 Å². The fourth-order valence-electron chi connectivity index (χ4n) is 10.5. The van der Waals surface area contributed by atoms with Crippen molar-refractivity contribution in [2.75, 3.05) is 13.2 Å². The Hall–Kier alpha value is -2.38. The molecule has 1 saturated heterocycles. The van der Waals surface area contributed by atoms with Crippen molar-refractivity contribution in [1.82, 2.24) is 5.32 Å². The van der Waals surface area contributed by atoms with Gasteiger partial charge in [-0.1, -0.05) is 307 Å². The second-order valence-corrected chi connectivity index (χ2v) is 23.2. The standard InChI is InChI=1S/C68H125NO10/c1-4-7-10-13-16-19-22-25-26-27-28-29-30-31-32-33-34-35-38-40-43-46-49-52-55-61(72)67(76)69-59(60(71)54-51-48-45-42-39-36-23-20-17-14-11-8-5-2)58-77-68-66(65(75)64(74)62(57-70)78-68)79-63(73)56-53-50-47-44-41-37-24-21-18-15-12-9-6-3/h9,12,15,18,21,24,51,54,59-62,64-66,68,70-72,74-75H,4-8,10-11,13-14,16-17,19-20,22-23,25-50,52-53,55-58H2,1-3H3,(H,69,76)/b12-9+,18-15+,24-21-,54-51+. The van der Waals surface area contributed by atoms with E-state index in [9.17, 15) is 35.1 Å². The first-order chi connectivity index (χ1) is 38.7. The number of rotatable bonds is 57. The topological polar surface area (TPSA) is 175 Å². The molecular formula is C68H125NO10. The van der Waals surface area contributed by atoms with Gasteiger partial charge in [-0.3, -0.25) is 9.59 Å². The Bertz CT molecular complexity index is 1470. The van der Waals surface area contributed by atoms with Crippen LogP contribution in [0.1, 0.15) is 310 Å². The first-order valence-electron chi connectivity index (χ1n) is 33.4. The Morgan fingerprint density at radius 1 is 0.506 bits per heavy atom. The average molecular weight is 1120 g/mol. The number of nitrogens with one attached hydrogen (secondary N) is 1. The van der Waals surface area contributed by atoms with E-state index in [1.165, 1.54) is 186 Å². The van der Waals surface area contributed by atoms with Crippen LogP contribution in [0.4, 0.5) is 0 Å². The molecule has 1 aliphatic rings. The molecule has 1 rings (SSSR count). The molecule has 0 saturated carbocycles. The van der Waals surface area contributed by atoms with Crippen LogP contribution in [0.2, 0.25) is 0 Å². The van der Waals surface area contributed by atoms with Gasteiger partial charge in [0.25, 0.3) is 0 Å². The maximum atomic E-state index is 13.5. The van der Waals surface area contributed by atoms with Crippen LogP contribution in [-0.4, -0.2) is 99.6 Å². The highest BCUT2D eigenvalue weighted by molar-refractivity contribution is 5.80. The first kappa shape index (κ1) is 74.6.